The van der Waals surface area contributed by atoms with Gasteiger partial charge in [0.1, 0.15) is 0 Å². The maximum absolute atomic E-state index is 5.11. The predicted molar refractivity (Wildman–Crippen MR) is 61.4 cm³/mol. The third-order valence-corrected chi connectivity index (χ3v) is 2.30. The Labute approximate surface area is 90.9 Å². The second kappa shape index (κ2) is 6.37. The van der Waals surface area contributed by atoms with Crippen LogP contribution in [-0.4, -0.2) is 29.5 Å². The summed E-state index contributed by atoms with van der Waals surface area (Å²) >= 11 is 0. The van der Waals surface area contributed by atoms with Crippen molar-refractivity contribution in [3.63, 3.8) is 0 Å². The first kappa shape index (κ1) is 11.9. The van der Waals surface area contributed by atoms with E-state index in [1.807, 2.05) is 12.4 Å². The van der Waals surface area contributed by atoms with Crippen LogP contribution in [0.3, 0.4) is 0 Å². The number of methoxy groups -OCH3 is 1. The maximum atomic E-state index is 5.11. The lowest BCUT2D eigenvalue weighted by atomic mass is 10.2. The molecule has 0 spiro atoms. The Balaban J connectivity index is 2.37. The Morgan fingerprint density at radius 2 is 2.53 bits per heavy atom. The molecule has 1 heterocycles. The van der Waals surface area contributed by atoms with Gasteiger partial charge < -0.3 is 10.1 Å². The van der Waals surface area contributed by atoms with Crippen LogP contribution in [0.5, 0.6) is 0 Å². The van der Waals surface area contributed by atoms with E-state index in [9.17, 15) is 0 Å². The smallest absolute Gasteiger partial charge is 0.0615 e. The number of nitrogens with one attached hydrogen (secondary N) is 1. The van der Waals surface area contributed by atoms with Gasteiger partial charge in [0.05, 0.1) is 12.8 Å². The van der Waals surface area contributed by atoms with Crippen LogP contribution in [0.25, 0.3) is 6.20 Å². The fraction of sp³-hybridized carbons (Fsp3) is 0.545. The number of hydrogen-bond acceptors (Lipinski definition) is 3. The molecule has 0 saturated heterocycles. The average molecular weight is 209 g/mol. The highest BCUT2D eigenvalue weighted by atomic mass is 16.5. The summed E-state index contributed by atoms with van der Waals surface area (Å²) < 4.78 is 6.81. The molecular weight excluding hydrogens is 190 g/mol. The van der Waals surface area contributed by atoms with Crippen molar-refractivity contribution >= 4 is 6.20 Å². The first-order valence-electron chi connectivity index (χ1n) is 5.18. The molecule has 15 heavy (non-hydrogen) atoms. The lowest BCUT2D eigenvalue weighted by Gasteiger charge is -2.14. The lowest BCUT2D eigenvalue weighted by Crippen LogP contribution is -2.31. The molecule has 0 radical (unpaired) electrons. The van der Waals surface area contributed by atoms with Crippen LogP contribution in [0.1, 0.15) is 18.9 Å². The Bertz CT molecular complexity index is 296. The van der Waals surface area contributed by atoms with Crippen LogP contribution in [0, 0.1) is 0 Å². The second-order valence-corrected chi connectivity index (χ2v) is 3.45. The molecular formula is C11H19N3O. The van der Waals surface area contributed by atoms with E-state index in [0.29, 0.717) is 6.04 Å². The third kappa shape index (κ3) is 3.85. The molecule has 1 aromatic rings. The third-order valence-electron chi connectivity index (χ3n) is 2.30. The molecule has 1 unspecified atom stereocenters. The zero-order valence-corrected chi connectivity index (χ0v) is 9.44. The zero-order valence-electron chi connectivity index (χ0n) is 9.44. The van der Waals surface area contributed by atoms with Gasteiger partial charge in [-0.25, -0.2) is 4.68 Å². The van der Waals surface area contributed by atoms with Crippen molar-refractivity contribution < 1.29 is 4.74 Å². The fourth-order valence-electron chi connectivity index (χ4n) is 1.35. The van der Waals surface area contributed by atoms with E-state index in [0.717, 1.165) is 25.1 Å². The number of hydrogen-bond donors (Lipinski definition) is 1. The molecule has 1 N–H and O–H groups in total. The normalized spacial score (nSPS) is 12.7. The van der Waals surface area contributed by atoms with Gasteiger partial charge in [-0.3, -0.25) is 0 Å². The monoisotopic (exact) mass is 209 g/mol. The first-order chi connectivity index (χ1) is 7.30. The minimum atomic E-state index is 0.405. The molecule has 1 aromatic heterocycles. The maximum Gasteiger partial charge on any atom is 0.0615 e. The summed E-state index contributed by atoms with van der Waals surface area (Å²) in [5.41, 5.74) is 1.16. The Morgan fingerprint density at radius 3 is 3.07 bits per heavy atom. The molecule has 4 nitrogen and oxygen atoms in total. The van der Waals surface area contributed by atoms with Crippen molar-refractivity contribution in [2.75, 3.05) is 13.7 Å². The Kier molecular flexibility index (Phi) is 5.07. The van der Waals surface area contributed by atoms with E-state index in [2.05, 4.69) is 23.9 Å². The van der Waals surface area contributed by atoms with Crippen LogP contribution in [0.4, 0.5) is 0 Å². The van der Waals surface area contributed by atoms with Crippen LogP contribution < -0.4 is 5.32 Å². The van der Waals surface area contributed by atoms with Gasteiger partial charge in [-0.15, -0.1) is 0 Å². The second-order valence-electron chi connectivity index (χ2n) is 3.45. The van der Waals surface area contributed by atoms with E-state index in [1.165, 1.54) is 0 Å². The quantitative estimate of drug-likeness (QED) is 0.739. The molecule has 0 amide bonds. The van der Waals surface area contributed by atoms with E-state index < -0.39 is 0 Å². The highest BCUT2D eigenvalue weighted by Crippen LogP contribution is 1.99. The fourth-order valence-corrected chi connectivity index (χ4v) is 1.35. The lowest BCUT2D eigenvalue weighted by molar-refractivity contribution is 0.164. The summed E-state index contributed by atoms with van der Waals surface area (Å²) in [7, 11) is 1.72. The minimum Gasteiger partial charge on any atom is -0.383 e. The van der Waals surface area contributed by atoms with Gasteiger partial charge in [-0.05, 0) is 6.42 Å². The molecule has 1 rings (SSSR count). The van der Waals surface area contributed by atoms with Crippen molar-refractivity contribution in [3.05, 3.63) is 24.5 Å². The summed E-state index contributed by atoms with van der Waals surface area (Å²) in [5.74, 6) is 0. The van der Waals surface area contributed by atoms with E-state index in [-0.39, 0.29) is 0 Å². The summed E-state index contributed by atoms with van der Waals surface area (Å²) in [5, 5.41) is 7.52. The molecule has 1 atom stereocenters. The van der Waals surface area contributed by atoms with Gasteiger partial charge in [-0.1, -0.05) is 13.5 Å². The van der Waals surface area contributed by atoms with Gasteiger partial charge in [0.2, 0.25) is 0 Å². The predicted octanol–water partition coefficient (Wildman–Crippen LogP) is 1.50. The number of rotatable bonds is 7. The molecule has 0 fully saturated rings. The van der Waals surface area contributed by atoms with Gasteiger partial charge in [0.15, 0.2) is 0 Å². The molecule has 0 aliphatic heterocycles. The molecule has 0 saturated carbocycles. The van der Waals surface area contributed by atoms with Crippen molar-refractivity contribution in [2.45, 2.75) is 25.9 Å². The molecule has 0 aliphatic rings. The zero-order chi connectivity index (χ0) is 11.1. The molecule has 0 aromatic carbocycles. The van der Waals surface area contributed by atoms with Crippen LogP contribution in [0.2, 0.25) is 0 Å². The molecule has 4 heteroatoms. The number of aromatic nitrogens is 2. The SMILES string of the molecule is C=Cn1cc(CNC(CC)COC)cn1. The van der Waals surface area contributed by atoms with E-state index in [1.54, 1.807) is 18.0 Å². The highest BCUT2D eigenvalue weighted by molar-refractivity contribution is 5.17. The standard InChI is InChI=1S/C11H19N3O/c1-4-11(9-15-3)12-6-10-7-13-14(5-2)8-10/h5,7-8,11-12H,2,4,6,9H2,1,3H3. The van der Waals surface area contributed by atoms with Gasteiger partial charge in [0, 0.05) is 37.7 Å². The average Bonchev–Trinajstić information content (AvgIpc) is 2.72. The summed E-state index contributed by atoms with van der Waals surface area (Å²) in [6, 6.07) is 0.405. The first-order valence-corrected chi connectivity index (χ1v) is 5.18. The summed E-state index contributed by atoms with van der Waals surface area (Å²) in [6.07, 6.45) is 6.53. The largest absolute Gasteiger partial charge is 0.383 e. The van der Waals surface area contributed by atoms with Crippen LogP contribution >= 0.6 is 0 Å². The van der Waals surface area contributed by atoms with E-state index >= 15 is 0 Å². The van der Waals surface area contributed by atoms with Crippen molar-refractivity contribution in [1.82, 2.24) is 15.1 Å². The van der Waals surface area contributed by atoms with E-state index in [4.69, 9.17) is 4.74 Å². The summed E-state index contributed by atoms with van der Waals surface area (Å²) in [6.45, 7) is 7.35. The van der Waals surface area contributed by atoms with Crippen molar-refractivity contribution in [2.24, 2.45) is 0 Å². The Hall–Kier alpha value is -1.13. The van der Waals surface area contributed by atoms with Gasteiger partial charge in [-0.2, -0.15) is 5.10 Å². The minimum absolute atomic E-state index is 0.405. The highest BCUT2D eigenvalue weighted by Gasteiger charge is 2.05. The Morgan fingerprint density at radius 1 is 1.73 bits per heavy atom. The molecule has 0 aliphatic carbocycles. The van der Waals surface area contributed by atoms with Gasteiger partial charge >= 0.3 is 0 Å². The van der Waals surface area contributed by atoms with Crippen molar-refractivity contribution in [1.29, 1.82) is 0 Å². The number of ether oxygens (including phenoxy) is 1. The number of nitrogens with zero attached hydrogens (tertiary/aromatic N) is 2. The topological polar surface area (TPSA) is 39.1 Å². The van der Waals surface area contributed by atoms with Crippen molar-refractivity contribution in [3.8, 4) is 0 Å². The van der Waals surface area contributed by atoms with Crippen LogP contribution in [0.15, 0.2) is 19.0 Å². The molecule has 84 valence electrons. The van der Waals surface area contributed by atoms with Crippen LogP contribution in [-0.2, 0) is 11.3 Å². The van der Waals surface area contributed by atoms with Gasteiger partial charge in [0.25, 0.3) is 0 Å². The molecule has 0 bridgehead atoms. The summed E-state index contributed by atoms with van der Waals surface area (Å²) in [4.78, 5) is 0.